The zero-order chi connectivity index (χ0) is 9.94. The van der Waals surface area contributed by atoms with Crippen molar-refractivity contribution in [2.75, 3.05) is 7.11 Å². The molecule has 0 fully saturated rings. The van der Waals surface area contributed by atoms with Gasteiger partial charge in [-0.3, -0.25) is 4.79 Å². The van der Waals surface area contributed by atoms with Crippen LogP contribution in [-0.4, -0.2) is 13.1 Å². The third-order valence-corrected chi connectivity index (χ3v) is 1.58. The lowest BCUT2D eigenvalue weighted by atomic mass is 10.2. The third-order valence-electron chi connectivity index (χ3n) is 1.58. The van der Waals surface area contributed by atoms with Gasteiger partial charge in [0.05, 0.1) is 13.5 Å². The number of allylic oxidation sites excluding steroid dienone is 3. The molecule has 2 nitrogen and oxygen atoms in total. The molecule has 0 aliphatic carbocycles. The molecule has 2 heteroatoms. The van der Waals surface area contributed by atoms with Gasteiger partial charge in [-0.1, -0.05) is 31.2 Å². The van der Waals surface area contributed by atoms with Crippen LogP contribution in [0, 0.1) is 0 Å². The van der Waals surface area contributed by atoms with Gasteiger partial charge in [0.1, 0.15) is 0 Å². The summed E-state index contributed by atoms with van der Waals surface area (Å²) in [7, 11) is 1.40. The third kappa shape index (κ3) is 8.86. The number of rotatable bonds is 6. The molecule has 74 valence electrons. The average Bonchev–Trinajstić information content (AvgIpc) is 2.16. The van der Waals surface area contributed by atoms with E-state index in [2.05, 4.69) is 23.8 Å². The zero-order valence-corrected chi connectivity index (χ0v) is 8.45. The van der Waals surface area contributed by atoms with Gasteiger partial charge in [0.25, 0.3) is 0 Å². The Morgan fingerprint density at radius 2 is 1.77 bits per heavy atom. The number of hydrogen-bond acceptors (Lipinski definition) is 2. The van der Waals surface area contributed by atoms with E-state index in [1.807, 2.05) is 12.2 Å². The number of hydrogen-bond donors (Lipinski definition) is 0. The minimum Gasteiger partial charge on any atom is -0.469 e. The molecule has 0 aromatic rings. The fraction of sp³-hybridized carbons (Fsp3) is 0.545. The summed E-state index contributed by atoms with van der Waals surface area (Å²) in [5.74, 6) is -0.180. The van der Waals surface area contributed by atoms with Gasteiger partial charge in [-0.05, 0) is 19.3 Å². The first kappa shape index (κ1) is 11.9. The van der Waals surface area contributed by atoms with E-state index in [0.29, 0.717) is 6.42 Å². The van der Waals surface area contributed by atoms with Crippen LogP contribution in [0.1, 0.15) is 32.6 Å². The predicted octanol–water partition coefficient (Wildman–Crippen LogP) is 2.85. The Morgan fingerprint density at radius 3 is 2.31 bits per heavy atom. The van der Waals surface area contributed by atoms with Crippen LogP contribution in [-0.2, 0) is 9.53 Å². The van der Waals surface area contributed by atoms with Crippen LogP contribution in [0.25, 0.3) is 0 Å². The van der Waals surface area contributed by atoms with Gasteiger partial charge in [-0.2, -0.15) is 0 Å². The highest BCUT2D eigenvalue weighted by Gasteiger charge is 1.92. The van der Waals surface area contributed by atoms with Crippen molar-refractivity contribution in [3.05, 3.63) is 24.3 Å². The average molecular weight is 182 g/mol. The van der Waals surface area contributed by atoms with Crippen molar-refractivity contribution < 1.29 is 9.53 Å². The van der Waals surface area contributed by atoms with E-state index in [-0.39, 0.29) is 5.97 Å². The maximum absolute atomic E-state index is 10.7. The monoisotopic (exact) mass is 182 g/mol. The van der Waals surface area contributed by atoms with Crippen molar-refractivity contribution in [3.63, 3.8) is 0 Å². The molecule has 0 N–H and O–H groups in total. The number of methoxy groups -OCH3 is 1. The Labute approximate surface area is 80.3 Å². The molecule has 0 atom stereocenters. The molecule has 0 saturated carbocycles. The molecule has 0 unspecified atom stereocenters. The number of unbranched alkanes of at least 4 members (excludes halogenated alkanes) is 1. The summed E-state index contributed by atoms with van der Waals surface area (Å²) in [5.41, 5.74) is 0. The van der Waals surface area contributed by atoms with Crippen LogP contribution in [0.15, 0.2) is 24.3 Å². The number of esters is 1. The SMILES string of the molecule is CC/C=C/CC/C=C/CC(=O)OC. The Hall–Kier alpha value is -1.05. The van der Waals surface area contributed by atoms with Crippen LogP contribution in [0.5, 0.6) is 0 Å². The van der Waals surface area contributed by atoms with Gasteiger partial charge in [0.15, 0.2) is 0 Å². The van der Waals surface area contributed by atoms with Crippen molar-refractivity contribution in [2.24, 2.45) is 0 Å². The number of ether oxygens (including phenoxy) is 1. The maximum Gasteiger partial charge on any atom is 0.309 e. The Kier molecular flexibility index (Phi) is 8.31. The lowest BCUT2D eigenvalue weighted by Crippen LogP contribution is -1.96. The maximum atomic E-state index is 10.7. The molecule has 0 amide bonds. The minimum absolute atomic E-state index is 0.180. The molecule has 0 aromatic carbocycles. The Bertz CT molecular complexity index is 181. The molecule has 0 heterocycles. The second-order valence-corrected chi connectivity index (χ2v) is 2.71. The van der Waals surface area contributed by atoms with E-state index in [1.165, 1.54) is 7.11 Å². The van der Waals surface area contributed by atoms with E-state index in [0.717, 1.165) is 19.3 Å². The first-order valence-electron chi connectivity index (χ1n) is 4.68. The molecule has 0 saturated heterocycles. The Balaban J connectivity index is 3.31. The second-order valence-electron chi connectivity index (χ2n) is 2.71. The molecular formula is C11H18O2. The highest BCUT2D eigenvalue weighted by molar-refractivity contribution is 5.70. The van der Waals surface area contributed by atoms with Gasteiger partial charge in [0, 0.05) is 0 Å². The van der Waals surface area contributed by atoms with E-state index >= 15 is 0 Å². The number of carbonyl (C=O) groups excluding carboxylic acids is 1. The molecule has 0 rings (SSSR count). The molecule has 0 bridgehead atoms. The second kappa shape index (κ2) is 9.04. The van der Waals surface area contributed by atoms with E-state index in [9.17, 15) is 4.79 Å². The van der Waals surface area contributed by atoms with E-state index in [4.69, 9.17) is 0 Å². The van der Waals surface area contributed by atoms with Crippen LogP contribution < -0.4 is 0 Å². The molecular weight excluding hydrogens is 164 g/mol. The standard InChI is InChI=1S/C11H18O2/c1-3-4-5-6-7-8-9-10-11(12)13-2/h4-5,8-9H,3,6-7,10H2,1-2H3/b5-4+,9-8+. The van der Waals surface area contributed by atoms with Crippen molar-refractivity contribution in [3.8, 4) is 0 Å². The van der Waals surface area contributed by atoms with Gasteiger partial charge in [-0.15, -0.1) is 0 Å². The molecule has 13 heavy (non-hydrogen) atoms. The number of carbonyl (C=O) groups is 1. The van der Waals surface area contributed by atoms with E-state index in [1.54, 1.807) is 0 Å². The lowest BCUT2D eigenvalue weighted by Gasteiger charge is -1.91. The van der Waals surface area contributed by atoms with Crippen LogP contribution in [0.2, 0.25) is 0 Å². The predicted molar refractivity (Wildman–Crippen MR) is 54.4 cm³/mol. The highest BCUT2D eigenvalue weighted by Crippen LogP contribution is 1.96. The first-order valence-corrected chi connectivity index (χ1v) is 4.68. The molecule has 0 aliphatic heterocycles. The van der Waals surface area contributed by atoms with Crippen LogP contribution in [0.3, 0.4) is 0 Å². The quantitative estimate of drug-likeness (QED) is 0.358. The molecule has 0 aromatic heterocycles. The summed E-state index contributed by atoms with van der Waals surface area (Å²) in [5, 5.41) is 0. The van der Waals surface area contributed by atoms with Crippen molar-refractivity contribution in [2.45, 2.75) is 32.6 Å². The first-order chi connectivity index (χ1) is 6.31. The summed E-state index contributed by atoms with van der Waals surface area (Å²) < 4.78 is 4.49. The fourth-order valence-electron chi connectivity index (χ4n) is 0.858. The van der Waals surface area contributed by atoms with Gasteiger partial charge >= 0.3 is 5.97 Å². The zero-order valence-electron chi connectivity index (χ0n) is 8.45. The van der Waals surface area contributed by atoms with Gasteiger partial charge in [-0.25, -0.2) is 0 Å². The molecule has 0 aliphatic rings. The summed E-state index contributed by atoms with van der Waals surface area (Å²) in [6.45, 7) is 2.11. The largest absolute Gasteiger partial charge is 0.469 e. The summed E-state index contributed by atoms with van der Waals surface area (Å²) >= 11 is 0. The lowest BCUT2D eigenvalue weighted by molar-refractivity contribution is -0.139. The van der Waals surface area contributed by atoms with Crippen LogP contribution in [0.4, 0.5) is 0 Å². The fourth-order valence-corrected chi connectivity index (χ4v) is 0.858. The molecule has 0 radical (unpaired) electrons. The summed E-state index contributed by atoms with van der Waals surface area (Å²) in [6.07, 6.45) is 11.7. The summed E-state index contributed by atoms with van der Waals surface area (Å²) in [6, 6.07) is 0. The van der Waals surface area contributed by atoms with Crippen LogP contribution >= 0.6 is 0 Å². The summed E-state index contributed by atoms with van der Waals surface area (Å²) in [4.78, 5) is 10.7. The van der Waals surface area contributed by atoms with Crippen molar-refractivity contribution >= 4 is 5.97 Å². The van der Waals surface area contributed by atoms with Gasteiger partial charge in [0.2, 0.25) is 0 Å². The normalized spacial score (nSPS) is 11.2. The molecule has 0 spiro atoms. The van der Waals surface area contributed by atoms with Gasteiger partial charge < -0.3 is 4.74 Å². The minimum atomic E-state index is -0.180. The highest BCUT2D eigenvalue weighted by atomic mass is 16.5. The van der Waals surface area contributed by atoms with E-state index < -0.39 is 0 Å². The smallest absolute Gasteiger partial charge is 0.309 e. The topological polar surface area (TPSA) is 26.3 Å². The van der Waals surface area contributed by atoms with Crippen molar-refractivity contribution in [1.82, 2.24) is 0 Å². The Morgan fingerprint density at radius 1 is 1.15 bits per heavy atom. The van der Waals surface area contributed by atoms with Crippen molar-refractivity contribution in [1.29, 1.82) is 0 Å².